The van der Waals surface area contributed by atoms with E-state index in [4.69, 9.17) is 23.9 Å². The molecule has 0 N–H and O–H groups in total. The number of carbonyl (C=O) groups is 1. The summed E-state index contributed by atoms with van der Waals surface area (Å²) in [5, 5.41) is 9.43. The van der Waals surface area contributed by atoms with E-state index >= 15 is 0 Å². The monoisotopic (exact) mass is 637 g/mol. The highest BCUT2D eigenvalue weighted by Crippen LogP contribution is 2.37. The van der Waals surface area contributed by atoms with E-state index in [1.807, 2.05) is 68.4 Å². The molecule has 3 aromatic carbocycles. The van der Waals surface area contributed by atoms with Crippen molar-refractivity contribution < 1.29 is 23.7 Å². The number of allylic oxidation sites excluding steroid dienone is 1. The third-order valence-electron chi connectivity index (χ3n) is 7.41. The normalized spacial score (nSPS) is 14.2. The molecule has 2 heterocycles. The third-order valence-corrected chi connectivity index (χ3v) is 8.40. The fourth-order valence-corrected chi connectivity index (χ4v) is 6.39. The van der Waals surface area contributed by atoms with E-state index in [0.717, 1.165) is 17.5 Å². The van der Waals surface area contributed by atoms with Gasteiger partial charge in [-0.1, -0.05) is 67.1 Å². The van der Waals surface area contributed by atoms with Crippen molar-refractivity contribution in [3.63, 3.8) is 0 Å². The Balaban J connectivity index is 1.61. The Hall–Kier alpha value is -5.14. The predicted octanol–water partition coefficient (Wildman–Crippen LogP) is 5.44. The minimum atomic E-state index is -0.777. The molecule has 5 rings (SSSR count). The number of hydrogen-bond donors (Lipinski definition) is 0. The molecule has 1 aliphatic rings. The molecule has 0 radical (unpaired) electrons. The van der Waals surface area contributed by atoms with Crippen molar-refractivity contribution in [2.24, 2.45) is 4.99 Å². The van der Waals surface area contributed by atoms with Gasteiger partial charge in [-0.15, -0.1) is 0 Å². The first-order valence-electron chi connectivity index (χ1n) is 15.2. The molecule has 0 aliphatic carbocycles. The summed E-state index contributed by atoms with van der Waals surface area (Å²) in [5.41, 5.74) is 3.36. The maximum atomic E-state index is 14.2. The highest BCUT2D eigenvalue weighted by molar-refractivity contribution is 7.07. The first kappa shape index (κ1) is 32.3. The van der Waals surface area contributed by atoms with E-state index in [0.29, 0.717) is 62.0 Å². The average molecular weight is 638 g/mol. The van der Waals surface area contributed by atoms with Crippen LogP contribution in [0.2, 0.25) is 0 Å². The van der Waals surface area contributed by atoms with Crippen molar-refractivity contribution in [3.8, 4) is 23.3 Å². The summed E-state index contributed by atoms with van der Waals surface area (Å²) in [6, 6.07) is 21.5. The van der Waals surface area contributed by atoms with E-state index in [9.17, 15) is 14.9 Å². The van der Waals surface area contributed by atoms with Crippen LogP contribution in [0, 0.1) is 11.3 Å². The second kappa shape index (κ2) is 14.8. The molecule has 1 atom stereocenters. The Kier molecular flexibility index (Phi) is 10.4. The van der Waals surface area contributed by atoms with Crippen LogP contribution in [-0.4, -0.2) is 30.9 Å². The van der Waals surface area contributed by atoms with Crippen molar-refractivity contribution >= 4 is 23.4 Å². The van der Waals surface area contributed by atoms with Gasteiger partial charge in [0.05, 0.1) is 47.8 Å². The molecular formula is C36H35N3O6S. The number of thiazole rings is 1. The van der Waals surface area contributed by atoms with Crippen LogP contribution < -0.4 is 29.1 Å². The number of carbonyl (C=O) groups excluding carboxylic acids is 1. The Morgan fingerprint density at radius 3 is 2.52 bits per heavy atom. The van der Waals surface area contributed by atoms with Crippen molar-refractivity contribution in [2.75, 3.05) is 20.3 Å². The molecule has 4 aromatic rings. The van der Waals surface area contributed by atoms with E-state index in [2.05, 4.69) is 6.07 Å². The van der Waals surface area contributed by atoms with E-state index in [1.165, 1.54) is 11.3 Å². The molecule has 9 nitrogen and oxygen atoms in total. The molecular weight excluding hydrogens is 602 g/mol. The number of benzene rings is 3. The van der Waals surface area contributed by atoms with Crippen LogP contribution in [-0.2, 0) is 16.1 Å². The lowest BCUT2D eigenvalue weighted by Crippen LogP contribution is -2.40. The molecule has 46 heavy (non-hydrogen) atoms. The summed E-state index contributed by atoms with van der Waals surface area (Å²) in [5.74, 6) is 1.08. The number of aromatic nitrogens is 1. The smallest absolute Gasteiger partial charge is 0.338 e. The van der Waals surface area contributed by atoms with Crippen LogP contribution in [0.1, 0.15) is 61.9 Å². The number of methoxy groups -OCH3 is 1. The number of esters is 1. The summed E-state index contributed by atoms with van der Waals surface area (Å²) in [7, 11) is 1.56. The number of rotatable bonds is 12. The summed E-state index contributed by atoms with van der Waals surface area (Å²) in [6.07, 6.45) is 3.09. The molecule has 10 heteroatoms. The zero-order valence-corrected chi connectivity index (χ0v) is 27.1. The highest BCUT2D eigenvalue weighted by atomic mass is 32.1. The number of nitriles is 1. The second-order valence-electron chi connectivity index (χ2n) is 10.4. The maximum Gasteiger partial charge on any atom is 0.338 e. The molecule has 0 saturated heterocycles. The van der Waals surface area contributed by atoms with Gasteiger partial charge in [-0.2, -0.15) is 5.26 Å². The number of fused-ring (bicyclic) bond motifs is 1. The van der Waals surface area contributed by atoms with Crippen molar-refractivity contribution in [1.29, 1.82) is 5.26 Å². The summed E-state index contributed by atoms with van der Waals surface area (Å²) in [4.78, 5) is 33.0. The topological polar surface area (TPSA) is 112 Å². The van der Waals surface area contributed by atoms with Gasteiger partial charge in [0.2, 0.25) is 0 Å². The first-order valence-corrected chi connectivity index (χ1v) is 16.0. The summed E-state index contributed by atoms with van der Waals surface area (Å²) >= 11 is 1.26. The van der Waals surface area contributed by atoms with Gasteiger partial charge in [0.15, 0.2) is 16.3 Å². The Bertz CT molecular complexity index is 2000. The van der Waals surface area contributed by atoms with Gasteiger partial charge in [-0.25, -0.2) is 9.79 Å². The van der Waals surface area contributed by atoms with E-state index in [1.54, 1.807) is 36.8 Å². The van der Waals surface area contributed by atoms with Crippen LogP contribution in [0.4, 0.5) is 0 Å². The standard InChI is InChI=1S/C36H35N3O6S/c1-5-12-27-32(35(41)44-7-3)33(26-15-10-11-16-28(26)42-4)39-34(40)31(46-36(39)38-27)20-23-17-18-29(30(19-23)43-6-2)45-22-25-14-9-8-13-24(25)21-37/h8-11,13-20,33H,5-7,12,22H2,1-4H3/b31-20+/t33-/m1/s1. The second-order valence-corrected chi connectivity index (χ2v) is 11.4. The van der Waals surface area contributed by atoms with Crippen LogP contribution in [0.15, 0.2) is 87.8 Å². The van der Waals surface area contributed by atoms with Gasteiger partial charge in [0.25, 0.3) is 5.56 Å². The zero-order chi connectivity index (χ0) is 32.6. The number of nitrogens with zero attached hydrogens (tertiary/aromatic N) is 3. The third kappa shape index (κ3) is 6.60. The minimum absolute atomic E-state index is 0.192. The van der Waals surface area contributed by atoms with Crippen LogP contribution in [0.25, 0.3) is 6.08 Å². The SMILES string of the molecule is CCCC1=C(C(=O)OCC)[C@@H](c2ccccc2OC)n2c(s/c(=C/c3ccc(OCc4ccccc4C#N)c(OCC)c3)c2=O)=N1. The lowest BCUT2D eigenvalue weighted by molar-refractivity contribution is -0.139. The van der Waals surface area contributed by atoms with Gasteiger partial charge in [0, 0.05) is 11.1 Å². The van der Waals surface area contributed by atoms with Crippen molar-refractivity contribution in [3.05, 3.63) is 120 Å². The largest absolute Gasteiger partial charge is 0.496 e. The van der Waals surface area contributed by atoms with Gasteiger partial charge in [0.1, 0.15) is 18.4 Å². The summed E-state index contributed by atoms with van der Waals surface area (Å²) in [6.45, 7) is 6.46. The first-order chi connectivity index (χ1) is 22.4. The Morgan fingerprint density at radius 2 is 1.78 bits per heavy atom. The molecule has 0 bridgehead atoms. The lowest BCUT2D eigenvalue weighted by atomic mass is 9.93. The number of ether oxygens (including phenoxy) is 4. The maximum absolute atomic E-state index is 14.2. The number of para-hydroxylation sites is 1. The van der Waals surface area contributed by atoms with Gasteiger partial charge >= 0.3 is 5.97 Å². The van der Waals surface area contributed by atoms with Crippen LogP contribution in [0.5, 0.6) is 17.2 Å². The van der Waals surface area contributed by atoms with Crippen LogP contribution >= 0.6 is 11.3 Å². The van der Waals surface area contributed by atoms with Crippen molar-refractivity contribution in [1.82, 2.24) is 4.57 Å². The van der Waals surface area contributed by atoms with Crippen molar-refractivity contribution in [2.45, 2.75) is 46.3 Å². The van der Waals surface area contributed by atoms with Gasteiger partial charge < -0.3 is 18.9 Å². The number of hydrogen-bond acceptors (Lipinski definition) is 9. The quantitative estimate of drug-likeness (QED) is 0.190. The molecule has 0 spiro atoms. The minimum Gasteiger partial charge on any atom is -0.496 e. The Labute approximate surface area is 271 Å². The molecule has 1 aliphatic heterocycles. The molecule has 0 saturated carbocycles. The summed E-state index contributed by atoms with van der Waals surface area (Å²) < 4.78 is 25.1. The van der Waals surface area contributed by atoms with Gasteiger partial charge in [-0.3, -0.25) is 9.36 Å². The fourth-order valence-electron chi connectivity index (χ4n) is 5.37. The Morgan fingerprint density at radius 1 is 1.00 bits per heavy atom. The molecule has 0 fully saturated rings. The molecule has 0 unspecified atom stereocenters. The fraction of sp³-hybridized carbons (Fsp3) is 0.278. The molecule has 236 valence electrons. The van der Waals surface area contributed by atoms with Gasteiger partial charge in [-0.05, 0) is 56.2 Å². The van der Waals surface area contributed by atoms with E-state index in [-0.39, 0.29) is 18.8 Å². The lowest BCUT2D eigenvalue weighted by Gasteiger charge is -2.26. The highest BCUT2D eigenvalue weighted by Gasteiger charge is 2.35. The van der Waals surface area contributed by atoms with E-state index < -0.39 is 12.0 Å². The molecule has 1 aromatic heterocycles. The predicted molar refractivity (Wildman–Crippen MR) is 176 cm³/mol. The molecule has 0 amide bonds. The average Bonchev–Trinajstić information content (AvgIpc) is 3.38. The zero-order valence-electron chi connectivity index (χ0n) is 26.2. The van der Waals surface area contributed by atoms with Crippen LogP contribution in [0.3, 0.4) is 0 Å².